The van der Waals surface area contributed by atoms with Crippen molar-refractivity contribution in [3.63, 3.8) is 0 Å². The van der Waals surface area contributed by atoms with Gasteiger partial charge in [0.2, 0.25) is 19.0 Å². The number of hydrogen-bond donors (Lipinski definition) is 1. The van der Waals surface area contributed by atoms with E-state index in [0.29, 0.717) is 0 Å². The predicted octanol–water partition coefficient (Wildman–Crippen LogP) is 10.3. The van der Waals surface area contributed by atoms with Crippen molar-refractivity contribution in [3.8, 4) is 0 Å². The number of benzene rings is 1. The Kier molecular flexibility index (Phi) is 16.2. The van der Waals surface area contributed by atoms with Crippen LogP contribution in [0.2, 0.25) is 0 Å². The van der Waals surface area contributed by atoms with Gasteiger partial charge in [0.25, 0.3) is 0 Å². The molecule has 1 aromatic rings. The van der Waals surface area contributed by atoms with Gasteiger partial charge in [0, 0.05) is 91.8 Å². The van der Waals surface area contributed by atoms with Gasteiger partial charge in [-0.2, -0.15) is 0 Å². The third-order valence-corrected chi connectivity index (χ3v) is 6.17. The van der Waals surface area contributed by atoms with Crippen LogP contribution >= 0.6 is 187 Å². The fourth-order valence-electron chi connectivity index (χ4n) is 2.14. The molecule has 0 aliphatic rings. The Morgan fingerprint density at radius 1 is 0.345 bits per heavy atom. The summed E-state index contributed by atoms with van der Waals surface area (Å²) in [7, 11) is 0. The molecule has 0 N–H and O–H groups in total. The fraction of sp³-hybridized carbons (Fsp3) is 0.455. The summed E-state index contributed by atoms with van der Waals surface area (Å²) in [5.41, 5.74) is -2.01. The van der Waals surface area contributed by atoms with Gasteiger partial charge in [0.05, 0.1) is 0 Å². The Bertz CT molecular complexity index is 683. The van der Waals surface area contributed by atoms with E-state index in [0.717, 1.165) is 0 Å². The molecule has 0 saturated carbocycles. The second-order valence-corrected chi connectivity index (χ2v) is 16.6. The Hall–Kier alpha value is 5.92. The average molecular weight is 743 g/mol. The first-order chi connectivity index (χ1) is 11.5. The number of thiol groups is 1. The first-order valence-electron chi connectivity index (χ1n) is 5.81. The molecule has 0 atom stereocenters. The van der Waals surface area contributed by atoms with Gasteiger partial charge in [-0.1, -0.05) is 174 Å². The molecule has 0 aliphatic heterocycles. The zero-order valence-corrected chi connectivity index (χ0v) is 29.9. The van der Waals surface area contributed by atoms with Gasteiger partial charge in [-0.25, -0.2) is 0 Å². The summed E-state index contributed by atoms with van der Waals surface area (Å²) >= 11 is 95.0. The van der Waals surface area contributed by atoms with Crippen LogP contribution in [0.15, 0.2) is 4.90 Å². The van der Waals surface area contributed by atoms with Gasteiger partial charge in [0.1, 0.15) is 0 Å². The van der Waals surface area contributed by atoms with Crippen LogP contribution in [0.4, 0.5) is 0 Å². The van der Waals surface area contributed by atoms with Crippen LogP contribution in [0.3, 0.4) is 0 Å². The van der Waals surface area contributed by atoms with Gasteiger partial charge in [-0.15, -0.1) is 12.6 Å². The molecular formula is C11HCl15Na2S. The number of hydrogen-bond acceptors (Lipinski definition) is 1. The van der Waals surface area contributed by atoms with Gasteiger partial charge in [-0.3, -0.25) is 0 Å². The Morgan fingerprint density at radius 2 is 0.483 bits per heavy atom. The maximum absolute atomic E-state index is 6.07. The number of alkyl halides is 15. The molecular weight excluding hydrogens is 742 g/mol. The molecule has 0 unspecified atom stereocenters. The van der Waals surface area contributed by atoms with E-state index in [1.165, 1.54) is 0 Å². The standard InChI is InChI=1S/C11HCl15S.2Na/c12-7(13,14)1-2(8(15,16)17)4(10(21,22)23)6(27)5(11(24,25)26)3(1)9(18,19)20;;/h27H;;. The van der Waals surface area contributed by atoms with Crippen LogP contribution in [-0.2, 0) is 19.0 Å². The van der Waals surface area contributed by atoms with Crippen LogP contribution in [-0.4, -0.2) is 59.1 Å². The van der Waals surface area contributed by atoms with Crippen molar-refractivity contribution in [1.82, 2.24) is 0 Å². The van der Waals surface area contributed by atoms with Gasteiger partial charge >= 0.3 is 0 Å². The molecule has 0 nitrogen and oxygen atoms in total. The molecule has 0 aliphatic carbocycles. The van der Waals surface area contributed by atoms with Crippen LogP contribution in [0.5, 0.6) is 0 Å². The van der Waals surface area contributed by atoms with E-state index < -0.39 is 35.7 Å². The molecule has 29 heavy (non-hydrogen) atoms. The fourth-order valence-corrected chi connectivity index (χ4v) is 5.93. The van der Waals surface area contributed by atoms with Crippen LogP contribution in [0.1, 0.15) is 27.8 Å². The van der Waals surface area contributed by atoms with Crippen molar-refractivity contribution in [1.29, 1.82) is 0 Å². The monoisotopic (exact) mass is 735 g/mol. The Labute approximate surface area is 292 Å². The summed E-state index contributed by atoms with van der Waals surface area (Å²) in [4.78, 5) is -0.268. The summed E-state index contributed by atoms with van der Waals surface area (Å²) < 4.78 is -11.6. The van der Waals surface area contributed by atoms with Crippen molar-refractivity contribution < 1.29 is 0 Å². The van der Waals surface area contributed by atoms with Crippen LogP contribution in [0, 0.1) is 0 Å². The zero-order valence-electron chi connectivity index (χ0n) is 13.6. The van der Waals surface area contributed by atoms with Crippen molar-refractivity contribution in [2.24, 2.45) is 0 Å². The number of rotatable bonds is 0. The second kappa shape index (κ2) is 12.6. The molecule has 1 aromatic carbocycles. The largest absolute Gasteiger partial charge is 0.217 e. The second-order valence-electron chi connectivity index (χ2n) is 4.71. The molecule has 0 saturated heterocycles. The number of halogens is 15. The molecule has 1 rings (SSSR count). The van der Waals surface area contributed by atoms with E-state index in [1.54, 1.807) is 0 Å². The summed E-state index contributed by atoms with van der Waals surface area (Å²) in [5, 5.41) is 0. The van der Waals surface area contributed by atoms with E-state index >= 15 is 0 Å². The predicted molar refractivity (Wildman–Crippen MR) is 141 cm³/mol. The third-order valence-electron chi connectivity index (χ3n) is 2.89. The van der Waals surface area contributed by atoms with Crippen molar-refractivity contribution in [2.75, 3.05) is 0 Å². The maximum atomic E-state index is 6.07. The molecule has 0 bridgehead atoms. The van der Waals surface area contributed by atoms with E-state index in [2.05, 4.69) is 12.6 Å². The van der Waals surface area contributed by atoms with E-state index in [4.69, 9.17) is 174 Å². The van der Waals surface area contributed by atoms with Crippen molar-refractivity contribution in [3.05, 3.63) is 27.8 Å². The average Bonchev–Trinajstić information content (AvgIpc) is 2.29. The molecule has 158 valence electrons. The SMILES string of the molecule is Sc1c(C(Cl)(Cl)Cl)c(C(Cl)(Cl)Cl)c(C(Cl)(Cl)Cl)c(C(Cl)(Cl)Cl)c1C(Cl)(Cl)Cl.[Na].[Na]. The first-order valence-corrected chi connectivity index (χ1v) is 11.9. The minimum absolute atomic E-state index is 0. The molecule has 18 heteroatoms. The molecule has 0 spiro atoms. The molecule has 0 aromatic heterocycles. The summed E-state index contributed by atoms with van der Waals surface area (Å²) in [6.07, 6.45) is 0. The Morgan fingerprint density at radius 3 is 0.621 bits per heavy atom. The first kappa shape index (κ1) is 37.1. The Balaban J connectivity index is 0. The third kappa shape index (κ3) is 9.63. The van der Waals surface area contributed by atoms with Crippen LogP contribution in [0.25, 0.3) is 0 Å². The van der Waals surface area contributed by atoms with E-state index in [-0.39, 0.29) is 75.1 Å². The quantitative estimate of drug-likeness (QED) is 0.153. The molecule has 0 fully saturated rings. The van der Waals surface area contributed by atoms with Crippen molar-refractivity contribution >= 4 is 246 Å². The summed E-state index contributed by atoms with van der Waals surface area (Å²) in [6, 6.07) is 0. The van der Waals surface area contributed by atoms with E-state index in [1.807, 2.05) is 0 Å². The minimum Gasteiger partial charge on any atom is -0.143 e. The molecule has 2 radical (unpaired) electrons. The maximum Gasteiger partial charge on any atom is 0.217 e. The van der Waals surface area contributed by atoms with E-state index in [9.17, 15) is 0 Å². The van der Waals surface area contributed by atoms with Gasteiger partial charge in [0.15, 0.2) is 0 Å². The van der Waals surface area contributed by atoms with Gasteiger partial charge < -0.3 is 0 Å². The summed E-state index contributed by atoms with van der Waals surface area (Å²) in [5.74, 6) is 0. The van der Waals surface area contributed by atoms with Gasteiger partial charge in [-0.05, 0) is 0 Å². The minimum atomic E-state index is -2.38. The normalized spacial score (nSPS) is 13.7. The zero-order chi connectivity index (χ0) is 22.0. The molecule has 0 heterocycles. The topological polar surface area (TPSA) is 0 Å². The summed E-state index contributed by atoms with van der Waals surface area (Å²) in [6.45, 7) is 0. The molecule has 0 amide bonds. The van der Waals surface area contributed by atoms with Crippen LogP contribution < -0.4 is 0 Å². The smallest absolute Gasteiger partial charge is 0.143 e. The van der Waals surface area contributed by atoms with Crippen molar-refractivity contribution in [2.45, 2.75) is 23.9 Å².